The number of halogens is 3. The Hall–Kier alpha value is -2.21. The van der Waals surface area contributed by atoms with E-state index >= 15 is 0 Å². The van der Waals surface area contributed by atoms with Crippen LogP contribution >= 0.6 is 0 Å². The van der Waals surface area contributed by atoms with Gasteiger partial charge in [-0.15, -0.1) is 0 Å². The maximum atomic E-state index is 12.9. The van der Waals surface area contributed by atoms with Gasteiger partial charge < -0.3 is 15.3 Å². The lowest BCUT2D eigenvalue weighted by Crippen LogP contribution is -2.35. The minimum atomic E-state index is -4.75. The van der Waals surface area contributed by atoms with E-state index in [1.807, 2.05) is 0 Å². The second-order valence-electron chi connectivity index (χ2n) is 5.06. The Bertz CT molecular complexity index is 606. The second kappa shape index (κ2) is 6.27. The van der Waals surface area contributed by atoms with E-state index in [4.69, 9.17) is 0 Å². The van der Waals surface area contributed by atoms with Gasteiger partial charge in [-0.05, 0) is 41.8 Å². The van der Waals surface area contributed by atoms with Crippen molar-refractivity contribution in [2.45, 2.75) is 24.6 Å². The summed E-state index contributed by atoms with van der Waals surface area (Å²) < 4.78 is 38.7. The molecule has 0 aliphatic heterocycles. The quantitative estimate of drug-likeness (QED) is 0.811. The van der Waals surface area contributed by atoms with Gasteiger partial charge >= 0.3 is 6.18 Å². The summed E-state index contributed by atoms with van der Waals surface area (Å²) in [4.78, 5) is 0. The lowest BCUT2D eigenvalue weighted by molar-refractivity contribution is -0.210. The standard InChI is InChI=1S/C16H15F3O3/c17-16(18,19)15(22)14(11-3-7-13(21)8-4-11)9-10-1-5-12(20)6-2-10/h1-8,14-15,20-22H,9H2. The summed E-state index contributed by atoms with van der Waals surface area (Å²) in [6.45, 7) is 0. The number of phenolic OH excluding ortho intramolecular Hbond substituents is 2. The molecule has 6 heteroatoms. The Morgan fingerprint density at radius 2 is 1.27 bits per heavy atom. The molecule has 118 valence electrons. The van der Waals surface area contributed by atoms with Crippen molar-refractivity contribution in [3.8, 4) is 11.5 Å². The van der Waals surface area contributed by atoms with E-state index in [-0.39, 0.29) is 23.5 Å². The number of aromatic hydroxyl groups is 2. The second-order valence-corrected chi connectivity index (χ2v) is 5.06. The molecule has 2 aromatic carbocycles. The zero-order valence-corrected chi connectivity index (χ0v) is 11.5. The fourth-order valence-corrected chi connectivity index (χ4v) is 2.25. The highest BCUT2D eigenvalue weighted by molar-refractivity contribution is 5.32. The molecule has 0 aliphatic carbocycles. The van der Waals surface area contributed by atoms with E-state index in [0.717, 1.165) is 0 Å². The molecule has 0 amide bonds. The Morgan fingerprint density at radius 3 is 1.73 bits per heavy atom. The number of alkyl halides is 3. The lowest BCUT2D eigenvalue weighted by atomic mass is 9.87. The average Bonchev–Trinajstić information content (AvgIpc) is 2.46. The van der Waals surface area contributed by atoms with Crippen molar-refractivity contribution in [3.05, 3.63) is 59.7 Å². The van der Waals surface area contributed by atoms with Gasteiger partial charge in [0, 0.05) is 5.92 Å². The lowest BCUT2D eigenvalue weighted by Gasteiger charge is -2.25. The van der Waals surface area contributed by atoms with Crippen LogP contribution in [-0.4, -0.2) is 27.6 Å². The molecule has 0 fully saturated rings. The highest BCUT2D eigenvalue weighted by Gasteiger charge is 2.43. The minimum Gasteiger partial charge on any atom is -0.508 e. The minimum absolute atomic E-state index is 0.0151. The Kier molecular flexibility index (Phi) is 4.61. The number of benzene rings is 2. The molecule has 0 spiro atoms. The van der Waals surface area contributed by atoms with Gasteiger partial charge in [0.1, 0.15) is 11.5 Å². The molecule has 2 unspecified atom stereocenters. The van der Waals surface area contributed by atoms with Gasteiger partial charge in [0.05, 0.1) is 0 Å². The zero-order chi connectivity index (χ0) is 16.3. The smallest absolute Gasteiger partial charge is 0.414 e. The largest absolute Gasteiger partial charge is 0.508 e. The molecule has 22 heavy (non-hydrogen) atoms. The molecule has 2 aromatic rings. The third-order valence-electron chi connectivity index (χ3n) is 3.43. The molecule has 2 rings (SSSR count). The van der Waals surface area contributed by atoms with Crippen molar-refractivity contribution >= 4 is 0 Å². The third kappa shape index (κ3) is 3.92. The molecular weight excluding hydrogens is 297 g/mol. The fourth-order valence-electron chi connectivity index (χ4n) is 2.25. The SMILES string of the molecule is Oc1ccc(CC(c2ccc(O)cc2)C(O)C(F)(F)F)cc1. The monoisotopic (exact) mass is 312 g/mol. The van der Waals surface area contributed by atoms with Gasteiger partial charge in [-0.1, -0.05) is 24.3 Å². The van der Waals surface area contributed by atoms with Crippen LogP contribution in [0.3, 0.4) is 0 Å². The first-order valence-corrected chi connectivity index (χ1v) is 6.59. The van der Waals surface area contributed by atoms with Crippen LogP contribution in [0, 0.1) is 0 Å². The summed E-state index contributed by atoms with van der Waals surface area (Å²) in [5, 5.41) is 28.1. The number of hydrogen-bond acceptors (Lipinski definition) is 3. The normalized spacial score (nSPS) is 14.5. The Balaban J connectivity index is 2.32. The van der Waals surface area contributed by atoms with Crippen molar-refractivity contribution in [2.24, 2.45) is 0 Å². The van der Waals surface area contributed by atoms with Gasteiger partial charge in [-0.2, -0.15) is 13.2 Å². The van der Waals surface area contributed by atoms with Gasteiger partial charge in [0.15, 0.2) is 6.10 Å². The first kappa shape index (κ1) is 16.2. The summed E-state index contributed by atoms with van der Waals surface area (Å²) in [6.07, 6.45) is -7.32. The van der Waals surface area contributed by atoms with Gasteiger partial charge in [-0.3, -0.25) is 0 Å². The number of rotatable bonds is 4. The summed E-state index contributed by atoms with van der Waals surface area (Å²) in [6, 6.07) is 11.0. The molecule has 0 heterocycles. The summed E-state index contributed by atoms with van der Waals surface area (Å²) in [5.41, 5.74) is 0.829. The average molecular weight is 312 g/mol. The molecule has 2 atom stereocenters. The van der Waals surface area contributed by atoms with E-state index in [2.05, 4.69) is 0 Å². The predicted octanol–water partition coefficient (Wildman–Crippen LogP) is 3.35. The van der Waals surface area contributed by atoms with E-state index in [9.17, 15) is 28.5 Å². The van der Waals surface area contributed by atoms with E-state index < -0.39 is 18.2 Å². The van der Waals surface area contributed by atoms with Gasteiger partial charge in [0.25, 0.3) is 0 Å². The number of phenols is 2. The third-order valence-corrected chi connectivity index (χ3v) is 3.43. The van der Waals surface area contributed by atoms with Gasteiger partial charge in [0.2, 0.25) is 0 Å². The number of hydrogen-bond donors (Lipinski definition) is 3. The molecule has 3 N–H and O–H groups in total. The number of aliphatic hydroxyl groups excluding tert-OH is 1. The van der Waals surface area contributed by atoms with Crippen LogP contribution in [-0.2, 0) is 6.42 Å². The Labute approximate surface area is 125 Å². The van der Waals surface area contributed by atoms with Crippen molar-refractivity contribution in [2.75, 3.05) is 0 Å². The molecule has 0 bridgehead atoms. The van der Waals surface area contributed by atoms with Crippen LogP contribution in [0.2, 0.25) is 0 Å². The Morgan fingerprint density at radius 1 is 0.818 bits per heavy atom. The zero-order valence-electron chi connectivity index (χ0n) is 11.5. The van der Waals surface area contributed by atoms with Crippen LogP contribution in [0.4, 0.5) is 13.2 Å². The van der Waals surface area contributed by atoms with Crippen LogP contribution in [0.1, 0.15) is 17.0 Å². The first-order chi connectivity index (χ1) is 10.3. The van der Waals surface area contributed by atoms with E-state index in [1.165, 1.54) is 48.5 Å². The topological polar surface area (TPSA) is 60.7 Å². The molecule has 0 aliphatic rings. The summed E-state index contributed by atoms with van der Waals surface area (Å²) >= 11 is 0. The molecule has 3 nitrogen and oxygen atoms in total. The summed E-state index contributed by atoms with van der Waals surface area (Å²) in [5.74, 6) is -1.25. The highest BCUT2D eigenvalue weighted by Crippen LogP contribution is 2.35. The van der Waals surface area contributed by atoms with Crippen LogP contribution in [0.25, 0.3) is 0 Å². The van der Waals surface area contributed by atoms with Crippen LogP contribution < -0.4 is 0 Å². The van der Waals surface area contributed by atoms with Crippen LogP contribution in [0.15, 0.2) is 48.5 Å². The molecule has 0 saturated carbocycles. The van der Waals surface area contributed by atoms with Crippen molar-refractivity contribution in [3.63, 3.8) is 0 Å². The molecule has 0 radical (unpaired) electrons. The molecule has 0 saturated heterocycles. The first-order valence-electron chi connectivity index (χ1n) is 6.59. The van der Waals surface area contributed by atoms with Crippen LogP contribution in [0.5, 0.6) is 11.5 Å². The van der Waals surface area contributed by atoms with Gasteiger partial charge in [-0.25, -0.2) is 0 Å². The maximum absolute atomic E-state index is 12.9. The van der Waals surface area contributed by atoms with Crippen molar-refractivity contribution in [1.82, 2.24) is 0 Å². The summed E-state index contributed by atoms with van der Waals surface area (Å²) in [7, 11) is 0. The number of aliphatic hydroxyl groups is 1. The van der Waals surface area contributed by atoms with E-state index in [1.54, 1.807) is 0 Å². The van der Waals surface area contributed by atoms with Crippen molar-refractivity contribution < 1.29 is 28.5 Å². The fraction of sp³-hybridized carbons (Fsp3) is 0.250. The predicted molar refractivity (Wildman–Crippen MR) is 74.7 cm³/mol. The highest BCUT2D eigenvalue weighted by atomic mass is 19.4. The molecule has 0 aromatic heterocycles. The molecular formula is C16H15F3O3. The van der Waals surface area contributed by atoms with Crippen molar-refractivity contribution in [1.29, 1.82) is 0 Å². The maximum Gasteiger partial charge on any atom is 0.414 e. The van der Waals surface area contributed by atoms with E-state index in [0.29, 0.717) is 5.56 Å².